The molecule has 0 unspecified atom stereocenters. The minimum atomic E-state index is -1.56. The van der Waals surface area contributed by atoms with Crippen LogP contribution in [0.25, 0.3) is 0 Å². The third-order valence-electron chi connectivity index (χ3n) is 2.50. The molecule has 2 rings (SSSR count). The Bertz CT molecular complexity index is 701. The zero-order valence-corrected chi connectivity index (χ0v) is 12.5. The average Bonchev–Trinajstić information content (AvgIpc) is 2.48. The molecule has 0 heterocycles. The van der Waals surface area contributed by atoms with Crippen molar-refractivity contribution in [3.63, 3.8) is 0 Å². The van der Waals surface area contributed by atoms with E-state index in [-0.39, 0.29) is 22.7 Å². The number of aromatic hydroxyl groups is 2. The molecule has 0 saturated heterocycles. The number of carboxylic acid groups (broad SMARTS) is 1. The first kappa shape index (κ1) is 17.6. The van der Waals surface area contributed by atoms with Crippen LogP contribution in [0.1, 0.15) is 15.9 Å². The monoisotopic (exact) mass is 341 g/mol. The van der Waals surface area contributed by atoms with Gasteiger partial charge in [0, 0.05) is 11.8 Å². The van der Waals surface area contributed by atoms with Gasteiger partial charge in [0.05, 0.1) is 5.56 Å². The van der Waals surface area contributed by atoms with Crippen LogP contribution >= 0.6 is 0 Å². The predicted octanol–water partition coefficient (Wildman–Crippen LogP) is 1.87. The molecule has 22 heavy (non-hydrogen) atoms. The molecular formula is C14H12NO6V. The third kappa shape index (κ3) is 5.14. The Labute approximate surface area is 132 Å². The molecule has 2 aromatic rings. The van der Waals surface area contributed by atoms with Gasteiger partial charge in [-0.3, -0.25) is 4.99 Å². The first-order chi connectivity index (χ1) is 10.5. The van der Waals surface area contributed by atoms with E-state index in [4.69, 9.17) is 12.8 Å². The molecule has 0 aromatic heterocycles. The number of para-hydroxylation sites is 1. The molecule has 0 fully saturated rings. The summed E-state index contributed by atoms with van der Waals surface area (Å²) in [5, 5.41) is 28.0. The summed E-state index contributed by atoms with van der Waals surface area (Å²) >= 11 is -1.56. The fraction of sp³-hybridized carbons (Fsp3) is 0. The normalized spacial score (nSPS) is 9.86. The SMILES string of the molecule is O=C(O)c1ccc(O)c(N=Cc2ccccc2O)c1.[O]=[V][OH]. The molecule has 0 aliphatic heterocycles. The second-order valence-electron chi connectivity index (χ2n) is 3.91. The summed E-state index contributed by atoms with van der Waals surface area (Å²) < 4.78 is 15.7. The molecular weight excluding hydrogens is 329 g/mol. The van der Waals surface area contributed by atoms with E-state index in [1.54, 1.807) is 18.2 Å². The number of carboxylic acids is 1. The summed E-state index contributed by atoms with van der Waals surface area (Å²) in [5.74, 6) is -1.17. The van der Waals surface area contributed by atoms with Crippen molar-refractivity contribution >= 4 is 17.9 Å². The maximum absolute atomic E-state index is 10.8. The van der Waals surface area contributed by atoms with Crippen LogP contribution in [0, 0.1) is 0 Å². The van der Waals surface area contributed by atoms with Gasteiger partial charge in [-0.1, -0.05) is 12.1 Å². The van der Waals surface area contributed by atoms with Crippen LogP contribution in [0.2, 0.25) is 0 Å². The van der Waals surface area contributed by atoms with Crippen molar-refractivity contribution in [2.75, 3.05) is 0 Å². The van der Waals surface area contributed by atoms with Crippen molar-refractivity contribution < 1.29 is 44.4 Å². The van der Waals surface area contributed by atoms with Crippen LogP contribution in [-0.4, -0.2) is 31.5 Å². The van der Waals surface area contributed by atoms with E-state index in [2.05, 4.69) is 4.99 Å². The number of nitrogens with zero attached hydrogens (tertiary/aromatic N) is 1. The Morgan fingerprint density at radius 1 is 1.09 bits per heavy atom. The van der Waals surface area contributed by atoms with Crippen LogP contribution in [0.15, 0.2) is 47.5 Å². The molecule has 114 valence electrons. The standard InChI is InChI=1S/C14H11NO4.H2O.O.V/c16-12-4-2-1-3-10(12)8-15-11-7-9(14(18)19)5-6-13(11)17;;;/h1-8,16-17H,(H,18,19);1H2;;/q;;;+1/p-1. The molecule has 7 nitrogen and oxygen atoms in total. The molecule has 8 heteroatoms. The van der Waals surface area contributed by atoms with Gasteiger partial charge < -0.3 is 15.3 Å². The number of phenolic OH excluding ortho intramolecular Hbond substituents is 2. The molecule has 0 aliphatic carbocycles. The number of phenols is 2. The van der Waals surface area contributed by atoms with E-state index >= 15 is 0 Å². The van der Waals surface area contributed by atoms with Gasteiger partial charge in [0.2, 0.25) is 0 Å². The topological polar surface area (TPSA) is 127 Å². The molecule has 0 atom stereocenters. The number of rotatable bonds is 3. The predicted molar refractivity (Wildman–Crippen MR) is 73.3 cm³/mol. The zero-order valence-electron chi connectivity index (χ0n) is 11.1. The van der Waals surface area contributed by atoms with Crippen molar-refractivity contribution in [2.45, 2.75) is 0 Å². The van der Waals surface area contributed by atoms with E-state index in [0.29, 0.717) is 5.56 Å². The van der Waals surface area contributed by atoms with Gasteiger partial charge in [-0.15, -0.1) is 0 Å². The fourth-order valence-electron chi connectivity index (χ4n) is 1.50. The minimum absolute atomic E-state index is 0.0298. The second kappa shape index (κ2) is 8.73. The maximum atomic E-state index is 10.8. The summed E-state index contributed by atoms with van der Waals surface area (Å²) in [7, 11) is 0. The number of aromatic carboxylic acids is 1. The van der Waals surface area contributed by atoms with Crippen LogP contribution in [0.5, 0.6) is 11.5 Å². The van der Waals surface area contributed by atoms with E-state index in [9.17, 15) is 15.0 Å². The number of aliphatic imine (C=N–C) groups is 1. The van der Waals surface area contributed by atoms with E-state index in [0.717, 1.165) is 0 Å². The number of hydrogen-bond donors (Lipinski definition) is 4. The number of benzene rings is 2. The molecule has 0 bridgehead atoms. The van der Waals surface area contributed by atoms with E-state index in [1.807, 2.05) is 0 Å². The van der Waals surface area contributed by atoms with Gasteiger partial charge in [-0.2, -0.15) is 0 Å². The fourth-order valence-corrected chi connectivity index (χ4v) is 1.50. The summed E-state index contributed by atoms with van der Waals surface area (Å²) in [4.78, 5) is 14.8. The number of hydrogen-bond acceptors (Lipinski definition) is 5. The van der Waals surface area contributed by atoms with Gasteiger partial charge in [0.25, 0.3) is 0 Å². The zero-order chi connectivity index (χ0) is 16.5. The summed E-state index contributed by atoms with van der Waals surface area (Å²) in [6.45, 7) is 0. The van der Waals surface area contributed by atoms with Crippen LogP contribution in [-0.2, 0) is 20.3 Å². The average molecular weight is 341 g/mol. The first-order valence-corrected chi connectivity index (χ1v) is 7.04. The first-order valence-electron chi connectivity index (χ1n) is 5.84. The van der Waals surface area contributed by atoms with Gasteiger partial charge >= 0.3 is 30.3 Å². The summed E-state index contributed by atoms with van der Waals surface area (Å²) in [6, 6.07) is 10.4. The molecule has 0 saturated carbocycles. The van der Waals surface area contributed by atoms with Gasteiger partial charge in [0.1, 0.15) is 17.2 Å². The van der Waals surface area contributed by atoms with Gasteiger partial charge in [0.15, 0.2) is 0 Å². The third-order valence-corrected chi connectivity index (χ3v) is 2.50. The Hall–Kier alpha value is -2.48. The molecule has 4 N–H and O–H groups in total. The molecule has 0 aliphatic rings. The summed E-state index contributed by atoms with van der Waals surface area (Å²) in [6.07, 6.45) is 1.36. The van der Waals surface area contributed by atoms with Crippen molar-refractivity contribution in [3.05, 3.63) is 53.6 Å². The van der Waals surface area contributed by atoms with Gasteiger partial charge in [-0.05, 0) is 30.3 Å². The quantitative estimate of drug-likeness (QED) is 0.631. The Morgan fingerprint density at radius 2 is 1.73 bits per heavy atom. The molecule has 0 radical (unpaired) electrons. The summed E-state index contributed by atoms with van der Waals surface area (Å²) in [5.41, 5.74) is 0.632. The van der Waals surface area contributed by atoms with Gasteiger partial charge in [-0.25, -0.2) is 4.79 Å². The van der Waals surface area contributed by atoms with Crippen LogP contribution in [0.3, 0.4) is 0 Å². The number of carbonyl (C=O) groups is 1. The van der Waals surface area contributed by atoms with Crippen molar-refractivity contribution in [2.24, 2.45) is 4.99 Å². The van der Waals surface area contributed by atoms with Crippen LogP contribution < -0.4 is 0 Å². The molecule has 2 aromatic carbocycles. The Balaban J connectivity index is 0.000000745. The molecule has 0 spiro atoms. The van der Waals surface area contributed by atoms with E-state index < -0.39 is 22.6 Å². The van der Waals surface area contributed by atoms with Crippen molar-refractivity contribution in [3.8, 4) is 11.5 Å². The van der Waals surface area contributed by atoms with E-state index in [1.165, 1.54) is 30.5 Å². The second-order valence-corrected chi connectivity index (χ2v) is 4.16. The molecule has 0 amide bonds. The van der Waals surface area contributed by atoms with Crippen molar-refractivity contribution in [1.82, 2.24) is 0 Å². The Morgan fingerprint density at radius 3 is 2.32 bits per heavy atom. The Kier molecular flexibility index (Phi) is 6.98. The van der Waals surface area contributed by atoms with Crippen molar-refractivity contribution in [1.29, 1.82) is 0 Å². The van der Waals surface area contributed by atoms with Crippen LogP contribution in [0.4, 0.5) is 5.69 Å².